The molecule has 54 heavy (non-hydrogen) atoms. The summed E-state index contributed by atoms with van der Waals surface area (Å²) in [6, 6.07) is 4.92. The first-order valence-corrected chi connectivity index (χ1v) is 17.8. The Morgan fingerprint density at radius 1 is 1.17 bits per heavy atom. The van der Waals surface area contributed by atoms with Crippen LogP contribution < -0.4 is 20.1 Å². The predicted octanol–water partition coefficient (Wildman–Crippen LogP) is 8.51. The van der Waals surface area contributed by atoms with E-state index in [1.807, 2.05) is 4.90 Å². The van der Waals surface area contributed by atoms with E-state index in [0.29, 0.717) is 24.3 Å². The Morgan fingerprint density at radius 3 is 2.70 bits per heavy atom. The molecule has 2 fully saturated rings. The summed E-state index contributed by atoms with van der Waals surface area (Å²) in [5, 5.41) is 8.88. The van der Waals surface area contributed by atoms with Crippen LogP contribution in [-0.4, -0.2) is 64.4 Å². The maximum atomic E-state index is 17.4. The lowest BCUT2D eigenvalue weighted by Crippen LogP contribution is -2.43. The highest BCUT2D eigenvalue weighted by molar-refractivity contribution is 7.23. The summed E-state index contributed by atoms with van der Waals surface area (Å²) in [6.07, 6.45) is -6.74. The lowest BCUT2D eigenvalue weighted by atomic mass is 9.91. The highest BCUT2D eigenvalue weighted by atomic mass is 32.1. The number of nitriles is 1. The zero-order valence-electron chi connectivity index (χ0n) is 28.3. The van der Waals surface area contributed by atoms with Crippen LogP contribution in [0.5, 0.6) is 11.8 Å². The Hall–Kier alpha value is -5.02. The Kier molecular flexibility index (Phi) is 8.72. The second-order valence-electron chi connectivity index (χ2n) is 13.6. The van der Waals surface area contributed by atoms with Gasteiger partial charge in [0.15, 0.2) is 5.82 Å². The van der Waals surface area contributed by atoms with Crippen molar-refractivity contribution in [1.29, 1.82) is 5.26 Å². The smallest absolute Gasteiger partial charge is 0.420 e. The van der Waals surface area contributed by atoms with Crippen molar-refractivity contribution in [1.82, 2.24) is 19.9 Å². The molecule has 2 saturated heterocycles. The summed E-state index contributed by atoms with van der Waals surface area (Å²) in [4.78, 5) is 16.0. The molecule has 6 heterocycles. The molecule has 9 nitrogen and oxygen atoms in total. The number of aromatic nitrogens is 3. The summed E-state index contributed by atoms with van der Waals surface area (Å²) >= 11 is 0.625. The molecule has 3 aliphatic rings. The first-order valence-electron chi connectivity index (χ1n) is 16.9. The molecule has 5 aromatic rings. The SMILES string of the molecule is C[C@H](c1cccnc1C(F)F)N1CCOc2c(C(F)(F)F)c(-c3ccc(F)c4sc(N)c(C#N)c34)c(F)c3nc(OC[C@@]45CCCN4C[C@H](F)C5)nc1c23. The van der Waals surface area contributed by atoms with Gasteiger partial charge in [-0.1, -0.05) is 12.1 Å². The second kappa shape index (κ2) is 13.1. The Morgan fingerprint density at radius 2 is 1.96 bits per heavy atom. The highest BCUT2D eigenvalue weighted by Gasteiger charge is 2.50. The molecule has 0 unspecified atom stereocenters. The van der Waals surface area contributed by atoms with Crippen molar-refractivity contribution in [2.24, 2.45) is 0 Å². The topological polar surface area (TPSA) is 113 Å². The molecule has 0 radical (unpaired) electrons. The average molecular weight is 776 g/mol. The average Bonchev–Trinajstić information content (AvgIpc) is 3.73. The van der Waals surface area contributed by atoms with Gasteiger partial charge in [-0.2, -0.15) is 28.4 Å². The van der Waals surface area contributed by atoms with Crippen LogP contribution in [0.15, 0.2) is 30.5 Å². The molecule has 3 aliphatic heterocycles. The van der Waals surface area contributed by atoms with Crippen molar-refractivity contribution in [2.75, 3.05) is 43.5 Å². The first kappa shape index (κ1) is 36.0. The summed E-state index contributed by atoms with van der Waals surface area (Å²) in [6.45, 7) is 1.55. The van der Waals surface area contributed by atoms with Crippen LogP contribution in [0.4, 0.5) is 45.9 Å². The number of rotatable bonds is 7. The number of hydrogen-bond acceptors (Lipinski definition) is 10. The number of nitrogens with zero attached hydrogens (tertiary/aromatic N) is 6. The van der Waals surface area contributed by atoms with Crippen molar-refractivity contribution < 1.29 is 44.6 Å². The molecule has 3 atom stereocenters. The Labute approximate surface area is 305 Å². The molecule has 0 bridgehead atoms. The van der Waals surface area contributed by atoms with Crippen LogP contribution in [0, 0.1) is 23.0 Å². The number of alkyl halides is 6. The van der Waals surface area contributed by atoms with Crippen molar-refractivity contribution in [2.45, 2.75) is 56.5 Å². The fourth-order valence-corrected chi connectivity index (χ4v) is 9.17. The van der Waals surface area contributed by atoms with Gasteiger partial charge in [0, 0.05) is 35.7 Å². The van der Waals surface area contributed by atoms with Crippen LogP contribution in [0.3, 0.4) is 0 Å². The van der Waals surface area contributed by atoms with Crippen LogP contribution in [0.25, 0.3) is 32.1 Å². The number of ether oxygens (including phenoxy) is 2. The molecule has 8 rings (SSSR count). The quantitative estimate of drug-likeness (QED) is 0.163. The van der Waals surface area contributed by atoms with E-state index in [9.17, 15) is 18.4 Å². The molecule has 2 aromatic carbocycles. The maximum absolute atomic E-state index is 17.4. The van der Waals surface area contributed by atoms with Gasteiger partial charge in [-0.25, -0.2) is 22.0 Å². The molecule has 18 heteroatoms. The minimum atomic E-state index is -5.31. The van der Waals surface area contributed by atoms with Crippen molar-refractivity contribution >= 4 is 43.1 Å². The van der Waals surface area contributed by atoms with Crippen LogP contribution in [-0.2, 0) is 6.18 Å². The van der Waals surface area contributed by atoms with Gasteiger partial charge in [0.05, 0.1) is 33.8 Å². The zero-order valence-corrected chi connectivity index (χ0v) is 29.1. The number of hydrogen-bond donors (Lipinski definition) is 1. The largest absolute Gasteiger partial charge is 0.490 e. The first-order chi connectivity index (χ1) is 25.7. The molecule has 0 amide bonds. The van der Waals surface area contributed by atoms with Gasteiger partial charge < -0.3 is 20.1 Å². The lowest BCUT2D eigenvalue weighted by Gasteiger charge is -2.32. The number of anilines is 2. The minimum absolute atomic E-state index is 0.0338. The zero-order chi connectivity index (χ0) is 38.3. The number of halogens is 8. The lowest BCUT2D eigenvalue weighted by molar-refractivity contribution is -0.138. The molecular formula is C36H29F8N7O2S. The number of benzene rings is 2. The number of nitrogen functional groups attached to an aromatic ring is 1. The van der Waals surface area contributed by atoms with E-state index in [1.165, 1.54) is 30.2 Å². The number of thiophene rings is 1. The fraction of sp³-hybridized carbons (Fsp3) is 0.389. The van der Waals surface area contributed by atoms with Gasteiger partial charge in [-0.3, -0.25) is 9.88 Å². The summed E-state index contributed by atoms with van der Waals surface area (Å²) in [5.41, 5.74) is 0.550. The Balaban J connectivity index is 1.41. The summed E-state index contributed by atoms with van der Waals surface area (Å²) < 4.78 is 133. The fourth-order valence-electron chi connectivity index (χ4n) is 8.22. The molecule has 0 aliphatic carbocycles. The number of fused-ring (bicyclic) bond motifs is 2. The van der Waals surface area contributed by atoms with Crippen molar-refractivity contribution in [3.63, 3.8) is 0 Å². The van der Waals surface area contributed by atoms with Crippen LogP contribution >= 0.6 is 11.3 Å². The van der Waals surface area contributed by atoms with Crippen molar-refractivity contribution in [3.8, 4) is 29.0 Å². The van der Waals surface area contributed by atoms with E-state index in [0.717, 1.165) is 18.6 Å². The van der Waals surface area contributed by atoms with E-state index in [2.05, 4.69) is 15.0 Å². The van der Waals surface area contributed by atoms with Crippen molar-refractivity contribution in [3.05, 3.63) is 64.5 Å². The van der Waals surface area contributed by atoms with E-state index in [1.54, 1.807) is 6.07 Å². The number of pyridine rings is 1. The van der Waals surface area contributed by atoms with E-state index >= 15 is 22.0 Å². The summed E-state index contributed by atoms with van der Waals surface area (Å²) in [5.74, 6) is -3.56. The third-order valence-corrected chi connectivity index (χ3v) is 11.6. The highest BCUT2D eigenvalue weighted by Crippen LogP contribution is 2.54. The predicted molar refractivity (Wildman–Crippen MR) is 183 cm³/mol. The summed E-state index contributed by atoms with van der Waals surface area (Å²) in [7, 11) is 0. The van der Waals surface area contributed by atoms with Crippen LogP contribution in [0.1, 0.15) is 61.0 Å². The van der Waals surface area contributed by atoms with Gasteiger partial charge >= 0.3 is 12.2 Å². The van der Waals surface area contributed by atoms with E-state index < -0.39 is 93.6 Å². The molecule has 0 saturated carbocycles. The van der Waals surface area contributed by atoms with E-state index in [-0.39, 0.29) is 58.1 Å². The Bertz CT molecular complexity index is 2370. The minimum Gasteiger partial charge on any atom is -0.490 e. The molecular weight excluding hydrogens is 746 g/mol. The van der Waals surface area contributed by atoms with Gasteiger partial charge in [0.25, 0.3) is 6.43 Å². The molecule has 3 aromatic heterocycles. The van der Waals surface area contributed by atoms with Gasteiger partial charge in [0.1, 0.15) is 64.6 Å². The third kappa shape index (κ3) is 5.62. The monoisotopic (exact) mass is 775 g/mol. The van der Waals surface area contributed by atoms with Gasteiger partial charge in [0.2, 0.25) is 0 Å². The molecule has 2 N–H and O–H groups in total. The second-order valence-corrected chi connectivity index (χ2v) is 14.6. The third-order valence-electron chi connectivity index (χ3n) is 10.6. The molecule has 282 valence electrons. The standard InChI is InChI=1S/C36H29F8N7O2S/c1-16(18-4-2-8-47-27(18)31(40)41)51-10-11-52-29-24-28(48-34(49-33(24)51)53-15-35-7-3-9-50(35)14-17(37)12-35)26(39)23(25(29)36(42,43)44)19-5-6-21(38)30-22(19)20(13-45)32(46)54-30/h2,4-6,8,16-17,31H,3,7,9-12,14-15,46H2,1H3/t16-,17-,35+/m1/s1. The van der Waals surface area contributed by atoms with Gasteiger partial charge in [-0.05, 0) is 44.0 Å². The maximum Gasteiger partial charge on any atom is 0.420 e. The van der Waals surface area contributed by atoms with E-state index in [4.69, 9.17) is 15.2 Å². The van der Waals surface area contributed by atoms with Crippen LogP contribution in [0.2, 0.25) is 0 Å². The normalized spacial score (nSPS) is 20.7. The van der Waals surface area contributed by atoms with Gasteiger partial charge in [-0.15, -0.1) is 11.3 Å². The molecule has 0 spiro atoms. The number of nitrogens with two attached hydrogens (primary N) is 1.